The van der Waals surface area contributed by atoms with E-state index in [0.717, 1.165) is 23.1 Å². The second-order valence-corrected chi connectivity index (χ2v) is 5.12. The molecule has 1 unspecified atom stereocenters. The van der Waals surface area contributed by atoms with Crippen molar-refractivity contribution in [1.29, 1.82) is 0 Å². The van der Waals surface area contributed by atoms with Crippen LogP contribution in [0.5, 0.6) is 0 Å². The number of nitrogens with one attached hydrogen (secondary N) is 1. The highest BCUT2D eigenvalue weighted by Gasteiger charge is 2.24. The van der Waals surface area contributed by atoms with Crippen molar-refractivity contribution in [3.63, 3.8) is 0 Å². The van der Waals surface area contributed by atoms with Gasteiger partial charge < -0.3 is 5.32 Å². The van der Waals surface area contributed by atoms with E-state index in [1.54, 1.807) is 0 Å². The van der Waals surface area contributed by atoms with Gasteiger partial charge in [-0.05, 0) is 33.1 Å². The van der Waals surface area contributed by atoms with Gasteiger partial charge in [-0.2, -0.15) is 0 Å². The van der Waals surface area contributed by atoms with Crippen LogP contribution in [0, 0.1) is 19.8 Å². The summed E-state index contributed by atoms with van der Waals surface area (Å²) in [5.41, 5.74) is 0.940. The number of aromatic nitrogens is 2. The van der Waals surface area contributed by atoms with E-state index in [9.17, 15) is 0 Å². The molecule has 0 amide bonds. The quantitative estimate of drug-likeness (QED) is 0.819. The minimum Gasteiger partial charge on any atom is -0.367 e. The molecule has 1 heterocycles. The van der Waals surface area contributed by atoms with E-state index in [1.165, 1.54) is 19.3 Å². The molecule has 1 atom stereocenters. The Labute approximate surface area is 102 Å². The first kappa shape index (κ1) is 11.6. The Bertz CT molecular complexity index is 388. The molecule has 0 radical (unpaired) electrons. The maximum absolute atomic E-state index is 6.03. The SMILES string of the molecule is Cc1nc(Cl)c(C)c(NC(C)CC2CC2)n1. The van der Waals surface area contributed by atoms with Gasteiger partial charge in [0.2, 0.25) is 0 Å². The zero-order valence-electron chi connectivity index (χ0n) is 10.0. The fraction of sp³-hybridized carbons (Fsp3) is 0.667. The summed E-state index contributed by atoms with van der Waals surface area (Å²) >= 11 is 6.03. The van der Waals surface area contributed by atoms with E-state index < -0.39 is 0 Å². The molecule has 1 aromatic rings. The molecule has 88 valence electrons. The first-order chi connectivity index (χ1) is 7.56. The van der Waals surface area contributed by atoms with E-state index in [0.29, 0.717) is 11.2 Å². The summed E-state index contributed by atoms with van der Waals surface area (Å²) in [6.45, 7) is 6.01. The highest BCUT2D eigenvalue weighted by Crippen LogP contribution is 2.34. The maximum atomic E-state index is 6.03. The van der Waals surface area contributed by atoms with Gasteiger partial charge in [-0.3, -0.25) is 0 Å². The van der Waals surface area contributed by atoms with E-state index in [2.05, 4.69) is 22.2 Å². The first-order valence-corrected chi connectivity index (χ1v) is 6.21. The van der Waals surface area contributed by atoms with Crippen LogP contribution in [0.25, 0.3) is 0 Å². The lowest BCUT2D eigenvalue weighted by atomic mass is 10.1. The molecule has 1 aliphatic carbocycles. The van der Waals surface area contributed by atoms with E-state index in [1.807, 2.05) is 13.8 Å². The molecule has 1 saturated carbocycles. The van der Waals surface area contributed by atoms with Crippen LogP contribution in [0.3, 0.4) is 0 Å². The minimum absolute atomic E-state index is 0.455. The normalized spacial score (nSPS) is 17.2. The lowest BCUT2D eigenvalue weighted by Gasteiger charge is -2.16. The van der Waals surface area contributed by atoms with Crippen LogP contribution in [0.1, 0.15) is 37.6 Å². The van der Waals surface area contributed by atoms with Gasteiger partial charge in [-0.15, -0.1) is 0 Å². The molecule has 0 aromatic carbocycles. The number of halogens is 1. The van der Waals surface area contributed by atoms with Crippen molar-refractivity contribution >= 4 is 17.4 Å². The average molecular weight is 240 g/mol. The fourth-order valence-electron chi connectivity index (χ4n) is 1.88. The summed E-state index contributed by atoms with van der Waals surface area (Å²) in [7, 11) is 0. The Hall–Kier alpha value is -0.830. The number of aryl methyl sites for hydroxylation is 1. The van der Waals surface area contributed by atoms with Crippen LogP contribution in [0.2, 0.25) is 5.15 Å². The smallest absolute Gasteiger partial charge is 0.137 e. The number of hydrogen-bond donors (Lipinski definition) is 1. The number of anilines is 1. The second-order valence-electron chi connectivity index (χ2n) is 4.76. The molecular formula is C12H18ClN3. The van der Waals surface area contributed by atoms with Crippen molar-refractivity contribution in [2.75, 3.05) is 5.32 Å². The van der Waals surface area contributed by atoms with Crippen molar-refractivity contribution in [1.82, 2.24) is 9.97 Å². The predicted octanol–water partition coefficient (Wildman–Crippen LogP) is 3.35. The molecule has 0 spiro atoms. The van der Waals surface area contributed by atoms with Gasteiger partial charge in [0.25, 0.3) is 0 Å². The Morgan fingerprint density at radius 1 is 1.38 bits per heavy atom. The van der Waals surface area contributed by atoms with Crippen LogP contribution >= 0.6 is 11.6 Å². The summed E-state index contributed by atoms with van der Waals surface area (Å²) in [6, 6.07) is 0.455. The van der Waals surface area contributed by atoms with Crippen LogP contribution in [-0.2, 0) is 0 Å². The molecule has 1 N–H and O–H groups in total. The lowest BCUT2D eigenvalue weighted by molar-refractivity contribution is 0.639. The Morgan fingerprint density at radius 3 is 2.69 bits per heavy atom. The largest absolute Gasteiger partial charge is 0.367 e. The minimum atomic E-state index is 0.455. The van der Waals surface area contributed by atoms with Gasteiger partial charge in [0.1, 0.15) is 16.8 Å². The van der Waals surface area contributed by atoms with Gasteiger partial charge >= 0.3 is 0 Å². The van der Waals surface area contributed by atoms with E-state index >= 15 is 0 Å². The Morgan fingerprint density at radius 2 is 2.06 bits per heavy atom. The van der Waals surface area contributed by atoms with Crippen LogP contribution < -0.4 is 5.32 Å². The van der Waals surface area contributed by atoms with Crippen LogP contribution in [0.4, 0.5) is 5.82 Å². The molecular weight excluding hydrogens is 222 g/mol. The molecule has 1 aliphatic rings. The van der Waals surface area contributed by atoms with Crippen molar-refractivity contribution in [3.05, 3.63) is 16.5 Å². The number of hydrogen-bond acceptors (Lipinski definition) is 3. The van der Waals surface area contributed by atoms with Crippen molar-refractivity contribution in [3.8, 4) is 0 Å². The standard InChI is InChI=1S/C12H18ClN3/c1-7(6-10-4-5-10)14-12-8(2)11(13)15-9(3)16-12/h7,10H,4-6H2,1-3H3,(H,14,15,16). The first-order valence-electron chi connectivity index (χ1n) is 5.83. The Balaban J connectivity index is 2.07. The monoisotopic (exact) mass is 239 g/mol. The summed E-state index contributed by atoms with van der Waals surface area (Å²) in [5, 5.41) is 3.98. The average Bonchev–Trinajstić information content (AvgIpc) is 2.97. The summed E-state index contributed by atoms with van der Waals surface area (Å²) in [5.74, 6) is 2.52. The maximum Gasteiger partial charge on any atom is 0.137 e. The van der Waals surface area contributed by atoms with Crippen molar-refractivity contribution in [2.24, 2.45) is 5.92 Å². The number of rotatable bonds is 4. The van der Waals surface area contributed by atoms with Gasteiger partial charge in [0.15, 0.2) is 0 Å². The number of nitrogens with zero attached hydrogens (tertiary/aromatic N) is 2. The molecule has 1 fully saturated rings. The van der Waals surface area contributed by atoms with E-state index in [4.69, 9.17) is 11.6 Å². The molecule has 0 bridgehead atoms. The topological polar surface area (TPSA) is 37.8 Å². The molecule has 2 rings (SSSR count). The third-order valence-electron chi connectivity index (χ3n) is 2.97. The molecule has 0 saturated heterocycles. The molecule has 3 nitrogen and oxygen atoms in total. The highest BCUT2D eigenvalue weighted by molar-refractivity contribution is 6.30. The van der Waals surface area contributed by atoms with Crippen LogP contribution in [0.15, 0.2) is 0 Å². The molecule has 16 heavy (non-hydrogen) atoms. The van der Waals surface area contributed by atoms with E-state index in [-0.39, 0.29) is 0 Å². The van der Waals surface area contributed by atoms with Gasteiger partial charge in [-0.1, -0.05) is 24.4 Å². The third kappa shape index (κ3) is 2.85. The third-order valence-corrected chi connectivity index (χ3v) is 3.33. The fourth-order valence-corrected chi connectivity index (χ4v) is 2.09. The Kier molecular flexibility index (Phi) is 3.33. The highest BCUT2D eigenvalue weighted by atomic mass is 35.5. The summed E-state index contributed by atoms with van der Waals surface area (Å²) in [4.78, 5) is 8.52. The summed E-state index contributed by atoms with van der Waals surface area (Å²) < 4.78 is 0. The van der Waals surface area contributed by atoms with Crippen LogP contribution in [-0.4, -0.2) is 16.0 Å². The molecule has 1 aromatic heterocycles. The molecule has 4 heteroatoms. The zero-order valence-corrected chi connectivity index (χ0v) is 10.8. The predicted molar refractivity (Wildman–Crippen MR) is 66.9 cm³/mol. The zero-order chi connectivity index (χ0) is 11.7. The van der Waals surface area contributed by atoms with Gasteiger partial charge in [0.05, 0.1) is 0 Å². The van der Waals surface area contributed by atoms with Gasteiger partial charge in [0, 0.05) is 11.6 Å². The van der Waals surface area contributed by atoms with Crippen molar-refractivity contribution in [2.45, 2.75) is 46.1 Å². The van der Waals surface area contributed by atoms with Crippen molar-refractivity contribution < 1.29 is 0 Å². The van der Waals surface area contributed by atoms with Gasteiger partial charge in [-0.25, -0.2) is 9.97 Å². The summed E-state index contributed by atoms with van der Waals surface area (Å²) in [6.07, 6.45) is 3.99. The second kappa shape index (κ2) is 4.58. The lowest BCUT2D eigenvalue weighted by Crippen LogP contribution is -2.18. The molecule has 0 aliphatic heterocycles.